The van der Waals surface area contributed by atoms with Crippen molar-refractivity contribution in [3.05, 3.63) is 94.7 Å². The Bertz CT molecular complexity index is 2550. The first kappa shape index (κ1) is 41.1. The van der Waals surface area contributed by atoms with E-state index < -0.39 is 35.6 Å². The molecule has 0 radical (unpaired) electrons. The first-order valence-corrected chi connectivity index (χ1v) is 22.2. The summed E-state index contributed by atoms with van der Waals surface area (Å²) in [6.07, 6.45) is 4.76. The van der Waals surface area contributed by atoms with E-state index in [1.54, 1.807) is 12.1 Å². The van der Waals surface area contributed by atoms with Gasteiger partial charge in [-0.2, -0.15) is 4.98 Å². The van der Waals surface area contributed by atoms with E-state index in [4.69, 9.17) is 10.7 Å². The smallest absolute Gasteiger partial charge is 0.324 e. The molecule has 4 saturated heterocycles. The number of primary amides is 1. The first-order valence-electron chi connectivity index (χ1n) is 22.2. The number of rotatable bonds is 10. The van der Waals surface area contributed by atoms with Crippen LogP contribution < -0.4 is 31.1 Å². The van der Waals surface area contributed by atoms with E-state index in [1.165, 1.54) is 11.1 Å². The highest BCUT2D eigenvalue weighted by Crippen LogP contribution is 2.34. The number of carbonyl (C=O) groups is 6. The van der Waals surface area contributed by atoms with Gasteiger partial charge in [-0.05, 0) is 98.0 Å². The van der Waals surface area contributed by atoms with E-state index in [0.29, 0.717) is 43.6 Å². The number of carbonyl (C=O) groups excluding carboxylic acids is 6. The summed E-state index contributed by atoms with van der Waals surface area (Å²) < 4.78 is 0. The summed E-state index contributed by atoms with van der Waals surface area (Å²) in [5.41, 5.74) is 11.3. The van der Waals surface area contributed by atoms with Crippen LogP contribution in [0.5, 0.6) is 0 Å². The minimum absolute atomic E-state index is 0.00248. The third kappa shape index (κ3) is 7.86. The fourth-order valence-corrected chi connectivity index (χ4v) is 10.2. The van der Waals surface area contributed by atoms with Crippen molar-refractivity contribution in [1.29, 1.82) is 0 Å². The van der Waals surface area contributed by atoms with Gasteiger partial charge in [-0.3, -0.25) is 44.0 Å². The Morgan fingerprint density at radius 1 is 0.766 bits per heavy atom. The van der Waals surface area contributed by atoms with Crippen LogP contribution in [-0.4, -0.2) is 130 Å². The molecule has 6 aliphatic heterocycles. The number of anilines is 5. The number of hydrogen-bond acceptors (Lipinski definition) is 13. The molecule has 4 N–H and O–H groups in total. The molecule has 64 heavy (non-hydrogen) atoms. The predicted molar refractivity (Wildman–Crippen MR) is 236 cm³/mol. The van der Waals surface area contributed by atoms with Gasteiger partial charge in [-0.1, -0.05) is 24.3 Å². The minimum Gasteiger partial charge on any atom is -0.371 e. The van der Waals surface area contributed by atoms with E-state index in [9.17, 15) is 28.8 Å². The normalized spacial score (nSPS) is 21.9. The van der Waals surface area contributed by atoms with Crippen molar-refractivity contribution in [3.8, 4) is 0 Å². The monoisotopic (exact) mass is 866 g/mol. The lowest BCUT2D eigenvalue weighted by Gasteiger charge is -2.37. The molecule has 7 amide bonds. The van der Waals surface area contributed by atoms with E-state index in [2.05, 4.69) is 42.8 Å². The van der Waals surface area contributed by atoms with E-state index in [-0.39, 0.29) is 42.0 Å². The lowest BCUT2D eigenvalue weighted by molar-refractivity contribution is -0.136. The third-order valence-corrected chi connectivity index (χ3v) is 13.6. The summed E-state index contributed by atoms with van der Waals surface area (Å²) in [4.78, 5) is 93.0. The molecule has 4 fully saturated rings. The highest BCUT2D eigenvalue weighted by molar-refractivity contribution is 6.23. The molecule has 0 aliphatic carbocycles. The molecule has 4 aromatic rings. The van der Waals surface area contributed by atoms with Gasteiger partial charge in [-0.15, -0.1) is 10.2 Å². The van der Waals surface area contributed by atoms with Gasteiger partial charge in [-0.25, -0.2) is 4.79 Å². The van der Waals surface area contributed by atoms with Crippen LogP contribution in [0.1, 0.15) is 80.9 Å². The molecule has 0 saturated carbocycles. The number of fused-ring (bicyclic) bond motifs is 2. The van der Waals surface area contributed by atoms with Crippen molar-refractivity contribution in [2.45, 2.75) is 63.6 Å². The lowest BCUT2D eigenvalue weighted by atomic mass is 9.93. The summed E-state index contributed by atoms with van der Waals surface area (Å²) in [6, 6.07) is 20.2. The zero-order valence-corrected chi connectivity index (χ0v) is 35.4. The molecule has 18 nitrogen and oxygen atoms in total. The minimum atomic E-state index is -0.986. The number of urea groups is 1. The van der Waals surface area contributed by atoms with E-state index >= 15 is 0 Å². The number of imide groups is 2. The van der Waals surface area contributed by atoms with Crippen LogP contribution in [0, 0.1) is 5.92 Å². The van der Waals surface area contributed by atoms with Gasteiger partial charge in [0.15, 0.2) is 11.5 Å². The van der Waals surface area contributed by atoms with Crippen LogP contribution in [0.2, 0.25) is 0 Å². The number of nitrogens with one attached hydrogen (secondary N) is 2. The van der Waals surface area contributed by atoms with Crippen LogP contribution in [-0.2, 0) is 22.6 Å². The zero-order valence-electron chi connectivity index (χ0n) is 35.4. The maximum Gasteiger partial charge on any atom is 0.324 e. The van der Waals surface area contributed by atoms with Gasteiger partial charge in [0.25, 0.3) is 17.7 Å². The molecule has 2 unspecified atom stereocenters. The Hall–Kier alpha value is -6.95. The third-order valence-electron chi connectivity index (χ3n) is 13.6. The van der Waals surface area contributed by atoms with Gasteiger partial charge < -0.3 is 25.8 Å². The Morgan fingerprint density at radius 2 is 1.58 bits per heavy atom. The number of amides is 7. The largest absolute Gasteiger partial charge is 0.371 e. The summed E-state index contributed by atoms with van der Waals surface area (Å²) >= 11 is 0. The molecule has 1 aromatic heterocycles. The van der Waals surface area contributed by atoms with Gasteiger partial charge in [0.2, 0.25) is 17.8 Å². The standard InChI is InChI=1S/C46H50N12O6/c47-40(60)39-41(50-45(52-51-39)55-17-4-7-34(27-55)57-22-21-56(46(57)64)32-5-2-1-3-6-32)48-31-9-8-30-26-53(18-16-29(30)23-31)25-28-14-19-54(20-15-28)33-10-11-35-36(24-33)44(63)58(43(35)62)37-12-13-38(59)49-42(37)61/h1-3,5-6,8-11,23-24,28,34,37H,4,7,12-22,25-27H2,(H2,47,60)(H,48,50,52)(H,49,59,61). The van der Waals surface area contributed by atoms with Crippen molar-refractivity contribution in [2.24, 2.45) is 11.7 Å². The molecule has 0 bridgehead atoms. The van der Waals surface area contributed by atoms with Gasteiger partial charge in [0.05, 0.1) is 17.2 Å². The summed E-state index contributed by atoms with van der Waals surface area (Å²) in [5.74, 6) is -1.62. The summed E-state index contributed by atoms with van der Waals surface area (Å²) in [6.45, 7) is 6.85. The maximum absolute atomic E-state index is 13.5. The number of benzene rings is 3. The fourth-order valence-electron chi connectivity index (χ4n) is 10.2. The van der Waals surface area contributed by atoms with E-state index in [0.717, 1.165) is 86.8 Å². The highest BCUT2D eigenvalue weighted by atomic mass is 16.2. The predicted octanol–water partition coefficient (Wildman–Crippen LogP) is 3.30. The summed E-state index contributed by atoms with van der Waals surface area (Å²) in [7, 11) is 0. The molecule has 18 heteroatoms. The van der Waals surface area contributed by atoms with Crippen LogP contribution in [0.15, 0.2) is 66.7 Å². The number of hydrogen-bond donors (Lipinski definition) is 3. The van der Waals surface area contributed by atoms with Crippen molar-refractivity contribution in [2.75, 3.05) is 72.4 Å². The Labute approximate surface area is 369 Å². The Balaban J connectivity index is 0.741. The van der Waals surface area contributed by atoms with Gasteiger partial charge in [0.1, 0.15) is 6.04 Å². The van der Waals surface area contributed by atoms with Crippen molar-refractivity contribution >= 4 is 64.4 Å². The second kappa shape index (κ2) is 17.0. The molecule has 2 atom stereocenters. The average Bonchev–Trinajstić information content (AvgIpc) is 3.81. The lowest BCUT2D eigenvalue weighted by Crippen LogP contribution is -2.54. The Kier molecular flexibility index (Phi) is 10.9. The van der Waals surface area contributed by atoms with Crippen LogP contribution in [0.4, 0.5) is 33.6 Å². The molecule has 3 aromatic carbocycles. The number of nitrogens with two attached hydrogens (primary N) is 1. The number of aromatic nitrogens is 3. The van der Waals surface area contributed by atoms with Crippen LogP contribution in [0.3, 0.4) is 0 Å². The molecular weight excluding hydrogens is 817 g/mol. The van der Waals surface area contributed by atoms with Gasteiger partial charge >= 0.3 is 6.03 Å². The highest BCUT2D eigenvalue weighted by Gasteiger charge is 2.45. The SMILES string of the molecule is NC(=O)c1nnc(N2CCCC(N3CCN(c4ccccc4)C3=O)C2)nc1Nc1ccc2c(c1)CCN(CC1CCN(c3ccc4c(c3)C(=O)N(C3CCC(=O)NC3=O)C4=O)CC1)C2. The van der Waals surface area contributed by atoms with Crippen LogP contribution in [0.25, 0.3) is 0 Å². The molecule has 6 aliphatic rings. The second-order valence-electron chi connectivity index (χ2n) is 17.6. The topological polar surface area (TPSA) is 211 Å². The quantitative estimate of drug-likeness (QED) is 0.196. The molecular formula is C46H50N12O6. The first-order chi connectivity index (χ1) is 31.1. The van der Waals surface area contributed by atoms with Crippen molar-refractivity contribution in [3.63, 3.8) is 0 Å². The number of para-hydroxylation sites is 1. The summed E-state index contributed by atoms with van der Waals surface area (Å²) in [5, 5.41) is 14.1. The number of nitrogens with zero attached hydrogens (tertiary/aromatic N) is 9. The molecule has 330 valence electrons. The molecule has 0 spiro atoms. The molecule has 10 rings (SSSR count). The van der Waals surface area contributed by atoms with Crippen LogP contribution >= 0.6 is 0 Å². The second-order valence-corrected chi connectivity index (χ2v) is 17.6. The zero-order chi connectivity index (χ0) is 44.1. The maximum atomic E-state index is 13.5. The Morgan fingerprint density at radius 3 is 2.38 bits per heavy atom. The van der Waals surface area contributed by atoms with Crippen molar-refractivity contribution in [1.82, 2.24) is 35.2 Å². The average molecular weight is 867 g/mol. The molecule has 7 heterocycles. The van der Waals surface area contributed by atoms with E-state index in [1.807, 2.05) is 57.2 Å². The number of piperidine rings is 3. The van der Waals surface area contributed by atoms with Crippen molar-refractivity contribution < 1.29 is 28.8 Å². The van der Waals surface area contributed by atoms with Gasteiger partial charge in [0, 0.05) is 82.4 Å². The fraction of sp³-hybridized carbons (Fsp3) is 0.413.